The van der Waals surface area contributed by atoms with Crippen LogP contribution in [0.2, 0.25) is 0 Å². The third-order valence-corrected chi connectivity index (χ3v) is 7.80. The standard InChI is InChI=1S/C29H26F18N2O9/c1-13(2)20(57-21(52)58-48-18(50)5-6-19(48)51)14-11-16(55-9-3-7-22(30,31)24(34,35)26(38,39)28(42,43)44)17(12-15(14)49(53)54)56-10-4-8-23(32,33)25(36,37)27(40,41)29(45,46)47/h11-13,20H,3-10H2,1-2H3. The zero-order valence-electron chi connectivity index (χ0n) is 28.8. The van der Waals surface area contributed by atoms with Crippen LogP contribution in [-0.2, 0) is 19.2 Å². The number of hydrogen-bond acceptors (Lipinski definition) is 9. The SMILES string of the molecule is CC(C)C(OC(=O)ON1C(=O)CCC1=O)c1cc(OCCCC(F)(F)C(F)(F)C(F)(F)C(F)(F)F)c(OCCCC(F)(F)C(F)(F)C(F)(F)C(F)(F)F)cc1[N+](=O)[O-]. The number of hydrogen-bond donors (Lipinski definition) is 0. The molecule has 1 unspecified atom stereocenters. The normalized spacial score (nSPS) is 15.8. The summed E-state index contributed by atoms with van der Waals surface area (Å²) in [6, 6.07) is 0.675. The van der Waals surface area contributed by atoms with Crippen molar-refractivity contribution in [3.8, 4) is 11.5 Å². The van der Waals surface area contributed by atoms with E-state index in [9.17, 15) is 104 Å². The molecule has 0 aliphatic carbocycles. The molecule has 1 fully saturated rings. The van der Waals surface area contributed by atoms with Gasteiger partial charge in [0.15, 0.2) is 11.5 Å². The highest BCUT2D eigenvalue weighted by Gasteiger charge is 2.82. The minimum absolute atomic E-state index is 0.0346. The van der Waals surface area contributed by atoms with Crippen LogP contribution < -0.4 is 9.47 Å². The molecule has 11 nitrogen and oxygen atoms in total. The van der Waals surface area contributed by atoms with Gasteiger partial charge >= 0.3 is 54.0 Å². The fraction of sp³-hybridized carbons (Fsp3) is 0.690. The van der Waals surface area contributed by atoms with Gasteiger partial charge in [0.25, 0.3) is 17.5 Å². The van der Waals surface area contributed by atoms with E-state index in [4.69, 9.17) is 14.2 Å². The Morgan fingerprint density at radius 1 is 0.690 bits per heavy atom. The number of hydroxylamine groups is 2. The molecule has 1 aromatic carbocycles. The minimum atomic E-state index is -7.27. The van der Waals surface area contributed by atoms with Crippen LogP contribution in [0.4, 0.5) is 89.5 Å². The van der Waals surface area contributed by atoms with Gasteiger partial charge in [0.2, 0.25) is 0 Å². The molecule has 0 bridgehead atoms. The molecule has 1 saturated heterocycles. The molecule has 1 aliphatic rings. The maximum Gasteiger partial charge on any atom is 0.534 e. The van der Waals surface area contributed by atoms with Gasteiger partial charge in [-0.3, -0.25) is 24.5 Å². The lowest BCUT2D eigenvalue weighted by Gasteiger charge is -2.33. The van der Waals surface area contributed by atoms with Crippen molar-refractivity contribution in [3.63, 3.8) is 0 Å². The fourth-order valence-corrected chi connectivity index (χ4v) is 4.67. The molecule has 0 saturated carbocycles. The first-order valence-electron chi connectivity index (χ1n) is 15.7. The molecule has 0 aromatic heterocycles. The lowest BCUT2D eigenvalue weighted by Crippen LogP contribution is -2.60. The van der Waals surface area contributed by atoms with Crippen molar-refractivity contribution in [1.29, 1.82) is 0 Å². The third kappa shape index (κ3) is 9.96. The van der Waals surface area contributed by atoms with Crippen LogP contribution in [0.15, 0.2) is 12.1 Å². The molecule has 2 amide bonds. The highest BCUT2D eigenvalue weighted by Crippen LogP contribution is 2.56. The van der Waals surface area contributed by atoms with Gasteiger partial charge in [0.1, 0.15) is 6.10 Å². The van der Waals surface area contributed by atoms with Gasteiger partial charge in [0, 0.05) is 25.7 Å². The summed E-state index contributed by atoms with van der Waals surface area (Å²) in [6.07, 6.45) is -27.1. The fourth-order valence-electron chi connectivity index (χ4n) is 4.67. The van der Waals surface area contributed by atoms with E-state index in [0.29, 0.717) is 6.07 Å². The van der Waals surface area contributed by atoms with Crippen molar-refractivity contribution >= 4 is 23.7 Å². The first-order valence-corrected chi connectivity index (χ1v) is 15.7. The second-order valence-corrected chi connectivity index (χ2v) is 12.4. The summed E-state index contributed by atoms with van der Waals surface area (Å²) < 4.78 is 253. The number of imide groups is 1. The summed E-state index contributed by atoms with van der Waals surface area (Å²) in [5.74, 6) is -46.3. The first kappa shape index (κ1) is 49.5. The summed E-state index contributed by atoms with van der Waals surface area (Å²) in [6.45, 7) is -0.491. The molecule has 1 atom stereocenters. The Morgan fingerprint density at radius 3 is 1.41 bits per heavy atom. The number of alkyl halides is 18. The van der Waals surface area contributed by atoms with Crippen molar-refractivity contribution < 1.29 is 117 Å². The van der Waals surface area contributed by atoms with E-state index in [0.717, 1.165) is 0 Å². The Balaban J connectivity index is 2.50. The van der Waals surface area contributed by atoms with Crippen LogP contribution in [-0.4, -0.2) is 89.1 Å². The smallest absolute Gasteiger partial charge is 0.490 e. The van der Waals surface area contributed by atoms with Crippen LogP contribution in [0.25, 0.3) is 0 Å². The summed E-state index contributed by atoms with van der Waals surface area (Å²) in [7, 11) is 0. The van der Waals surface area contributed by atoms with E-state index in [1.807, 2.05) is 0 Å². The van der Waals surface area contributed by atoms with Crippen molar-refractivity contribution in [2.75, 3.05) is 13.2 Å². The molecule has 29 heteroatoms. The topological polar surface area (TPSA) is 135 Å². The Hall–Kier alpha value is -4.63. The number of carbonyl (C=O) groups excluding carboxylic acids is 3. The average Bonchev–Trinajstić information content (AvgIpc) is 3.38. The van der Waals surface area contributed by atoms with Crippen molar-refractivity contribution in [2.45, 2.75) is 106 Å². The van der Waals surface area contributed by atoms with E-state index >= 15 is 0 Å². The van der Waals surface area contributed by atoms with Gasteiger partial charge in [-0.05, 0) is 24.8 Å². The van der Waals surface area contributed by atoms with E-state index in [1.165, 1.54) is 13.8 Å². The molecule has 332 valence electrons. The predicted octanol–water partition coefficient (Wildman–Crippen LogP) is 9.76. The zero-order chi connectivity index (χ0) is 45.3. The Kier molecular flexibility index (Phi) is 14.4. The molecule has 1 heterocycles. The monoisotopic (exact) mass is 888 g/mol. The minimum Gasteiger partial charge on any atom is -0.490 e. The van der Waals surface area contributed by atoms with E-state index < -0.39 is 157 Å². The molecule has 58 heavy (non-hydrogen) atoms. The number of amides is 2. The van der Waals surface area contributed by atoms with Crippen molar-refractivity contribution in [1.82, 2.24) is 5.06 Å². The Bertz CT molecular complexity index is 1670. The molecule has 0 radical (unpaired) electrons. The summed E-state index contributed by atoms with van der Waals surface area (Å²) >= 11 is 0. The molecule has 2 rings (SSSR count). The molecule has 1 aliphatic heterocycles. The molecule has 0 N–H and O–H groups in total. The number of rotatable bonds is 19. The van der Waals surface area contributed by atoms with Gasteiger partial charge in [0.05, 0.1) is 29.8 Å². The van der Waals surface area contributed by atoms with Gasteiger partial charge < -0.3 is 14.2 Å². The first-order chi connectivity index (χ1) is 26.0. The van der Waals surface area contributed by atoms with Crippen LogP contribution in [0.5, 0.6) is 11.5 Å². The second kappa shape index (κ2) is 16.9. The van der Waals surface area contributed by atoms with E-state index in [2.05, 4.69) is 4.84 Å². The van der Waals surface area contributed by atoms with Crippen LogP contribution in [0, 0.1) is 16.0 Å². The largest absolute Gasteiger partial charge is 0.534 e. The van der Waals surface area contributed by atoms with Gasteiger partial charge in [-0.25, -0.2) is 4.79 Å². The van der Waals surface area contributed by atoms with Crippen LogP contribution >= 0.6 is 0 Å². The van der Waals surface area contributed by atoms with E-state index in [-0.39, 0.29) is 11.1 Å². The molecular formula is C29H26F18N2O9. The summed E-state index contributed by atoms with van der Waals surface area (Å²) in [5.41, 5.74) is -2.04. The lowest BCUT2D eigenvalue weighted by molar-refractivity contribution is -0.396. The van der Waals surface area contributed by atoms with Gasteiger partial charge in [-0.15, -0.1) is 0 Å². The van der Waals surface area contributed by atoms with Gasteiger partial charge in [-0.1, -0.05) is 18.9 Å². The maximum absolute atomic E-state index is 14.1. The maximum atomic E-state index is 14.1. The number of halogens is 18. The van der Waals surface area contributed by atoms with Crippen molar-refractivity contribution in [2.24, 2.45) is 5.92 Å². The number of nitro benzene ring substituents is 1. The molecule has 1 aromatic rings. The zero-order valence-corrected chi connectivity index (χ0v) is 28.8. The molecular weight excluding hydrogens is 862 g/mol. The van der Waals surface area contributed by atoms with Gasteiger partial charge in [-0.2, -0.15) is 79.0 Å². The molecule has 0 spiro atoms. The number of nitrogens with zero attached hydrogens (tertiary/aromatic N) is 2. The van der Waals surface area contributed by atoms with Crippen LogP contribution in [0.1, 0.15) is 64.0 Å². The number of carbonyl (C=O) groups is 3. The summed E-state index contributed by atoms with van der Waals surface area (Å²) in [4.78, 5) is 51.3. The Labute approximate surface area is 311 Å². The lowest BCUT2D eigenvalue weighted by atomic mass is 9.96. The second-order valence-electron chi connectivity index (χ2n) is 12.4. The highest BCUT2D eigenvalue weighted by atomic mass is 19.4. The quantitative estimate of drug-likeness (QED) is 0.0332. The predicted molar refractivity (Wildman–Crippen MR) is 151 cm³/mol. The Morgan fingerprint density at radius 2 is 1.07 bits per heavy atom. The number of nitro groups is 1. The summed E-state index contributed by atoms with van der Waals surface area (Å²) in [5, 5.41) is 12.0. The number of benzene rings is 1. The van der Waals surface area contributed by atoms with Crippen LogP contribution in [0.3, 0.4) is 0 Å². The number of ether oxygens (including phenoxy) is 3. The highest BCUT2D eigenvalue weighted by molar-refractivity contribution is 6.01. The van der Waals surface area contributed by atoms with E-state index in [1.54, 1.807) is 0 Å². The third-order valence-electron chi connectivity index (χ3n) is 7.80. The van der Waals surface area contributed by atoms with Crippen molar-refractivity contribution in [3.05, 3.63) is 27.8 Å². The average molecular weight is 888 g/mol.